The molecular weight excluding hydrogens is 294 g/mol. The zero-order valence-electron chi connectivity index (χ0n) is 11.9. The molecule has 0 spiro atoms. The minimum absolute atomic E-state index is 0.219. The first-order valence-corrected chi connectivity index (χ1v) is 6.05. The third-order valence-corrected chi connectivity index (χ3v) is 2.60. The minimum atomic E-state index is -1.35. The van der Waals surface area contributed by atoms with Crippen molar-refractivity contribution >= 4 is 29.5 Å². The van der Waals surface area contributed by atoms with Gasteiger partial charge in [0.25, 0.3) is 4.92 Å². The number of carboxylic acids is 1. The second-order valence-electron chi connectivity index (χ2n) is 4.07. The molecule has 0 unspecified atom stereocenters. The summed E-state index contributed by atoms with van der Waals surface area (Å²) in [6.45, 7) is 0. The van der Waals surface area contributed by atoms with E-state index < -0.39 is 24.1 Å². The first-order valence-electron chi connectivity index (χ1n) is 6.05. The maximum absolute atomic E-state index is 11.8. The summed E-state index contributed by atoms with van der Waals surface area (Å²) in [5, 5.41) is 8.62. The number of esters is 1. The molecule has 116 valence electrons. The van der Waals surface area contributed by atoms with Crippen LogP contribution in [0, 0.1) is 4.91 Å². The number of ether oxygens (including phenoxy) is 1. The van der Waals surface area contributed by atoms with Gasteiger partial charge in [0.05, 0.1) is 12.0 Å². The van der Waals surface area contributed by atoms with Gasteiger partial charge in [-0.05, 0) is 23.8 Å². The first kappa shape index (κ1) is 17.0. The van der Waals surface area contributed by atoms with Gasteiger partial charge in [-0.15, -0.1) is 0 Å². The van der Waals surface area contributed by atoms with E-state index in [2.05, 4.69) is 9.57 Å². The molecule has 0 radical (unpaired) electrons. The van der Waals surface area contributed by atoms with Crippen molar-refractivity contribution in [2.75, 3.05) is 14.2 Å². The van der Waals surface area contributed by atoms with Crippen LogP contribution in [-0.2, 0) is 24.0 Å². The zero-order valence-corrected chi connectivity index (χ0v) is 11.9. The van der Waals surface area contributed by atoms with E-state index in [1.165, 1.54) is 37.5 Å². The number of aliphatic carboxylic acids is 1. The summed E-state index contributed by atoms with van der Waals surface area (Å²) < 4.78 is 4.47. The van der Waals surface area contributed by atoms with Crippen molar-refractivity contribution in [3.63, 3.8) is 0 Å². The van der Waals surface area contributed by atoms with Gasteiger partial charge in [0.2, 0.25) is 0 Å². The zero-order chi connectivity index (χ0) is 16.7. The Bertz CT molecular complexity index is 631. The van der Waals surface area contributed by atoms with Crippen LogP contribution < -0.4 is 0 Å². The van der Waals surface area contributed by atoms with Gasteiger partial charge >= 0.3 is 17.6 Å². The molecule has 1 aromatic rings. The Morgan fingerprint density at radius 3 is 2.23 bits per heavy atom. The van der Waals surface area contributed by atoms with Gasteiger partial charge in [0.15, 0.2) is 12.9 Å². The van der Waals surface area contributed by atoms with E-state index in [-0.39, 0.29) is 16.2 Å². The molecule has 8 heteroatoms. The largest absolute Gasteiger partial charge is 0.481 e. The monoisotopic (exact) mass is 308 g/mol. The van der Waals surface area contributed by atoms with Gasteiger partial charge < -0.3 is 9.84 Å². The lowest BCUT2D eigenvalue weighted by Gasteiger charge is -2.03. The highest BCUT2D eigenvalue weighted by Gasteiger charge is 2.21. The van der Waals surface area contributed by atoms with Crippen LogP contribution in [0.4, 0.5) is 5.69 Å². The van der Waals surface area contributed by atoms with Crippen LogP contribution in [0.1, 0.15) is 12.0 Å². The van der Waals surface area contributed by atoms with Crippen LogP contribution in [0.15, 0.2) is 29.8 Å². The molecule has 0 aliphatic rings. The van der Waals surface area contributed by atoms with Gasteiger partial charge in [-0.25, -0.2) is 9.63 Å². The quantitative estimate of drug-likeness (QED) is 0.265. The summed E-state index contributed by atoms with van der Waals surface area (Å²) in [4.78, 5) is 49.9. The highest BCUT2D eigenvalue weighted by Crippen LogP contribution is 2.16. The molecular formula is C14H14NO7+. The fraction of sp³-hybridized carbons (Fsp3) is 0.214. The van der Waals surface area contributed by atoms with Crippen molar-refractivity contribution in [3.8, 4) is 0 Å². The highest BCUT2D eigenvalue weighted by atomic mass is 16.8. The predicted octanol–water partition coefficient (Wildman–Crippen LogP) is 1.26. The Hall–Kier alpha value is -3.03. The number of nitrogens with zero attached hydrogens (tertiary/aromatic N) is 1. The van der Waals surface area contributed by atoms with E-state index in [4.69, 9.17) is 5.11 Å². The lowest BCUT2D eigenvalue weighted by molar-refractivity contribution is -0.736. The van der Waals surface area contributed by atoms with Crippen molar-refractivity contribution in [1.29, 1.82) is 0 Å². The summed E-state index contributed by atoms with van der Waals surface area (Å²) in [6, 6.07) is 5.77. The first-order chi connectivity index (χ1) is 10.4. The fourth-order valence-corrected chi connectivity index (χ4v) is 1.56. The van der Waals surface area contributed by atoms with Crippen LogP contribution in [0.5, 0.6) is 0 Å². The van der Waals surface area contributed by atoms with E-state index >= 15 is 0 Å². The molecule has 0 saturated carbocycles. The fourth-order valence-electron chi connectivity index (χ4n) is 1.56. The molecule has 1 rings (SSSR count). The van der Waals surface area contributed by atoms with Crippen LogP contribution in [0.25, 0.3) is 6.08 Å². The number of hydrogen-bond donors (Lipinski definition) is 1. The molecule has 8 nitrogen and oxygen atoms in total. The normalized spacial score (nSPS) is 10.7. The Kier molecular flexibility index (Phi) is 5.94. The molecule has 0 atom stereocenters. The third kappa shape index (κ3) is 4.51. The average Bonchev–Trinajstić information content (AvgIpc) is 2.50. The topological polar surface area (TPSA) is 110 Å². The van der Waals surface area contributed by atoms with Crippen molar-refractivity contribution < 1.29 is 34.0 Å². The summed E-state index contributed by atoms with van der Waals surface area (Å²) >= 11 is 0. The minimum Gasteiger partial charge on any atom is -0.481 e. The van der Waals surface area contributed by atoms with E-state index in [1.807, 2.05) is 0 Å². The standard InChI is InChI=1S/C14H13NO7/c1-21-14(19)11(12(16)8-13(17)18)7-9-3-5-10(6-4-9)15(20)22-2/h3-7H,8H2,1-2H3/p+1. The van der Waals surface area contributed by atoms with E-state index in [0.29, 0.717) is 5.56 Å². The number of ketones is 1. The number of methoxy groups -OCH3 is 1. The molecule has 0 aromatic heterocycles. The molecule has 1 N–H and O–H groups in total. The Balaban J connectivity index is 3.11. The molecule has 0 amide bonds. The highest BCUT2D eigenvalue weighted by molar-refractivity contribution is 6.23. The lowest BCUT2D eigenvalue weighted by Crippen LogP contribution is -2.17. The number of rotatable bonds is 7. The van der Waals surface area contributed by atoms with Crippen molar-refractivity contribution in [1.82, 2.24) is 0 Å². The second-order valence-corrected chi connectivity index (χ2v) is 4.07. The number of hydrogen-bond acceptors (Lipinski definition) is 6. The van der Waals surface area contributed by atoms with Gasteiger partial charge in [0.1, 0.15) is 12.0 Å². The van der Waals surface area contributed by atoms with Crippen LogP contribution in [0.2, 0.25) is 0 Å². The number of Topliss-reactive ketones (excluding diaryl/α,β-unsaturated/α-hetero) is 1. The van der Waals surface area contributed by atoms with Crippen molar-refractivity contribution in [2.45, 2.75) is 6.42 Å². The Morgan fingerprint density at radius 2 is 1.77 bits per heavy atom. The van der Waals surface area contributed by atoms with Gasteiger partial charge in [-0.1, -0.05) is 0 Å². The maximum atomic E-state index is 11.8. The summed E-state index contributed by atoms with van der Waals surface area (Å²) in [6.07, 6.45) is 0.375. The average molecular weight is 308 g/mol. The SMILES string of the molecule is COC(=O)C(=Cc1ccc([N+](=O)OC)cc1)C(=O)CC(=O)O. The Labute approximate surface area is 125 Å². The number of carbonyl (C=O) groups is 3. The molecule has 0 bridgehead atoms. The summed E-state index contributed by atoms with van der Waals surface area (Å²) in [5.41, 5.74) is 0.256. The van der Waals surface area contributed by atoms with E-state index in [1.54, 1.807) is 0 Å². The smallest absolute Gasteiger partial charge is 0.341 e. The molecule has 22 heavy (non-hydrogen) atoms. The molecule has 0 fully saturated rings. The van der Waals surface area contributed by atoms with Crippen molar-refractivity contribution in [3.05, 3.63) is 40.3 Å². The van der Waals surface area contributed by atoms with Gasteiger partial charge in [-0.3, -0.25) is 9.59 Å². The summed E-state index contributed by atoms with van der Waals surface area (Å²) in [7, 11) is 2.29. The van der Waals surface area contributed by atoms with Crippen LogP contribution in [0.3, 0.4) is 0 Å². The van der Waals surface area contributed by atoms with Crippen molar-refractivity contribution in [2.24, 2.45) is 0 Å². The Morgan fingerprint density at radius 1 is 1.18 bits per heavy atom. The second kappa shape index (κ2) is 7.67. The number of carboxylic acid groups (broad SMARTS) is 1. The molecule has 0 heterocycles. The summed E-state index contributed by atoms with van der Waals surface area (Å²) in [5.74, 6) is -3.15. The van der Waals surface area contributed by atoms with Gasteiger partial charge in [-0.2, -0.15) is 0 Å². The molecule has 0 aliphatic heterocycles. The predicted molar refractivity (Wildman–Crippen MR) is 74.0 cm³/mol. The molecule has 0 aliphatic carbocycles. The van der Waals surface area contributed by atoms with E-state index in [0.717, 1.165) is 7.11 Å². The number of benzene rings is 1. The lowest BCUT2D eigenvalue weighted by atomic mass is 10.0. The van der Waals surface area contributed by atoms with Crippen LogP contribution in [-0.4, -0.2) is 42.0 Å². The third-order valence-electron chi connectivity index (χ3n) is 2.60. The van der Waals surface area contributed by atoms with Crippen LogP contribution >= 0.6 is 0 Å². The molecule has 1 aromatic carbocycles. The maximum Gasteiger partial charge on any atom is 0.341 e. The van der Waals surface area contributed by atoms with Gasteiger partial charge in [0, 0.05) is 12.1 Å². The molecule has 0 saturated heterocycles. The van der Waals surface area contributed by atoms with E-state index in [9.17, 15) is 19.3 Å². The number of carbonyl (C=O) groups excluding carboxylic acids is 2.